The van der Waals surface area contributed by atoms with Gasteiger partial charge in [-0.05, 0) is 44.1 Å². The first-order chi connectivity index (χ1) is 8.54. The number of nitrogens with one attached hydrogen (secondary N) is 1. The Morgan fingerprint density at radius 2 is 2.06 bits per heavy atom. The quantitative estimate of drug-likeness (QED) is 0.818. The van der Waals surface area contributed by atoms with Crippen LogP contribution in [0.2, 0.25) is 0 Å². The molecule has 3 heteroatoms. The summed E-state index contributed by atoms with van der Waals surface area (Å²) in [5.74, 6) is 1.63. The zero-order valence-corrected chi connectivity index (χ0v) is 12.5. The summed E-state index contributed by atoms with van der Waals surface area (Å²) in [7, 11) is 0. The summed E-state index contributed by atoms with van der Waals surface area (Å²) in [4.78, 5) is 14.3. The molecular weight excluding hydrogens is 224 g/mol. The van der Waals surface area contributed by atoms with E-state index in [1.54, 1.807) is 0 Å². The average Bonchev–Trinajstić information content (AvgIpc) is 2.49. The molecule has 2 unspecified atom stereocenters. The van der Waals surface area contributed by atoms with Crippen molar-refractivity contribution in [3.05, 3.63) is 0 Å². The van der Waals surface area contributed by atoms with Crippen LogP contribution in [0.25, 0.3) is 0 Å². The van der Waals surface area contributed by atoms with E-state index in [4.69, 9.17) is 0 Å². The van der Waals surface area contributed by atoms with Crippen LogP contribution in [0.5, 0.6) is 0 Å². The maximum absolute atomic E-state index is 11.9. The van der Waals surface area contributed by atoms with Gasteiger partial charge in [-0.15, -0.1) is 0 Å². The van der Waals surface area contributed by atoms with E-state index >= 15 is 0 Å². The Morgan fingerprint density at radius 1 is 1.33 bits per heavy atom. The molecule has 1 rings (SSSR count). The van der Waals surface area contributed by atoms with Gasteiger partial charge in [0.15, 0.2) is 0 Å². The summed E-state index contributed by atoms with van der Waals surface area (Å²) < 4.78 is 0. The second kappa shape index (κ2) is 7.78. The van der Waals surface area contributed by atoms with Gasteiger partial charge in [0.1, 0.15) is 0 Å². The van der Waals surface area contributed by atoms with Gasteiger partial charge in [-0.1, -0.05) is 27.7 Å². The maximum Gasteiger partial charge on any atom is 0.234 e. The molecule has 0 aromatic heterocycles. The van der Waals surface area contributed by atoms with Crippen LogP contribution in [0.3, 0.4) is 0 Å². The highest BCUT2D eigenvalue weighted by Gasteiger charge is 2.27. The lowest BCUT2D eigenvalue weighted by Gasteiger charge is -2.32. The Morgan fingerprint density at radius 3 is 2.67 bits per heavy atom. The summed E-state index contributed by atoms with van der Waals surface area (Å²) in [6.07, 6.45) is 4.77. The Balaban J connectivity index is 2.54. The van der Waals surface area contributed by atoms with Crippen LogP contribution in [0.15, 0.2) is 0 Å². The van der Waals surface area contributed by atoms with E-state index in [9.17, 15) is 4.79 Å². The van der Waals surface area contributed by atoms with Gasteiger partial charge in [-0.3, -0.25) is 9.69 Å². The molecule has 0 spiro atoms. The first kappa shape index (κ1) is 15.5. The van der Waals surface area contributed by atoms with Crippen molar-refractivity contribution in [2.24, 2.45) is 11.8 Å². The van der Waals surface area contributed by atoms with Crippen LogP contribution in [-0.4, -0.2) is 36.5 Å². The Hall–Kier alpha value is -0.570. The van der Waals surface area contributed by atoms with E-state index in [-0.39, 0.29) is 5.91 Å². The summed E-state index contributed by atoms with van der Waals surface area (Å²) in [5.41, 5.74) is 0. The summed E-state index contributed by atoms with van der Waals surface area (Å²) in [5, 5.41) is 2.99. The molecule has 1 fully saturated rings. The molecule has 2 atom stereocenters. The van der Waals surface area contributed by atoms with Gasteiger partial charge in [0, 0.05) is 12.6 Å². The standard InChI is InChI=1S/C15H30N2O/c1-5-9-16-15(18)11-17-10-8-13(4)6-7-14(17)12(2)3/h12-14H,5-11H2,1-4H3,(H,16,18). The molecule has 18 heavy (non-hydrogen) atoms. The smallest absolute Gasteiger partial charge is 0.234 e. The Bertz CT molecular complexity index is 253. The van der Waals surface area contributed by atoms with Gasteiger partial charge in [0.25, 0.3) is 0 Å². The second-order valence-electron chi connectivity index (χ2n) is 6.10. The molecule has 106 valence electrons. The third kappa shape index (κ3) is 4.97. The largest absolute Gasteiger partial charge is 0.355 e. The minimum absolute atomic E-state index is 0.192. The van der Waals surface area contributed by atoms with Gasteiger partial charge in [-0.25, -0.2) is 0 Å². The highest BCUT2D eigenvalue weighted by Crippen LogP contribution is 2.25. The molecular formula is C15H30N2O. The van der Waals surface area contributed by atoms with E-state index in [1.807, 2.05) is 0 Å². The number of rotatable bonds is 5. The molecule has 3 nitrogen and oxygen atoms in total. The summed E-state index contributed by atoms with van der Waals surface area (Å²) >= 11 is 0. The van der Waals surface area contributed by atoms with Crippen molar-refractivity contribution >= 4 is 5.91 Å². The van der Waals surface area contributed by atoms with Crippen LogP contribution < -0.4 is 5.32 Å². The molecule has 0 aliphatic carbocycles. The number of carbonyl (C=O) groups is 1. The molecule has 1 saturated heterocycles. The number of amides is 1. The summed E-state index contributed by atoms with van der Waals surface area (Å²) in [6, 6.07) is 0.572. The first-order valence-electron chi connectivity index (χ1n) is 7.55. The van der Waals surface area contributed by atoms with Crippen LogP contribution in [0.4, 0.5) is 0 Å². The second-order valence-corrected chi connectivity index (χ2v) is 6.10. The number of hydrogen-bond donors (Lipinski definition) is 1. The van der Waals surface area contributed by atoms with Gasteiger partial charge < -0.3 is 5.32 Å². The van der Waals surface area contributed by atoms with E-state index in [2.05, 4.69) is 37.9 Å². The van der Waals surface area contributed by atoms with Crippen molar-refractivity contribution in [1.82, 2.24) is 10.2 Å². The predicted octanol–water partition coefficient (Wildman–Crippen LogP) is 2.66. The average molecular weight is 254 g/mol. The fourth-order valence-electron chi connectivity index (χ4n) is 2.79. The molecule has 0 saturated carbocycles. The van der Waals surface area contributed by atoms with Gasteiger partial charge in [0.05, 0.1) is 6.54 Å². The fraction of sp³-hybridized carbons (Fsp3) is 0.933. The van der Waals surface area contributed by atoms with Crippen molar-refractivity contribution in [2.75, 3.05) is 19.6 Å². The van der Waals surface area contributed by atoms with Crippen molar-refractivity contribution < 1.29 is 4.79 Å². The fourth-order valence-corrected chi connectivity index (χ4v) is 2.79. The van der Waals surface area contributed by atoms with Crippen molar-refractivity contribution in [3.63, 3.8) is 0 Å². The van der Waals surface area contributed by atoms with E-state index in [0.29, 0.717) is 18.5 Å². The van der Waals surface area contributed by atoms with E-state index in [0.717, 1.165) is 25.4 Å². The van der Waals surface area contributed by atoms with Crippen LogP contribution in [-0.2, 0) is 4.79 Å². The Kier molecular flexibility index (Phi) is 6.69. The highest BCUT2D eigenvalue weighted by atomic mass is 16.2. The van der Waals surface area contributed by atoms with Crippen molar-refractivity contribution in [2.45, 2.75) is 59.4 Å². The lowest BCUT2D eigenvalue weighted by molar-refractivity contribution is -0.123. The number of carbonyl (C=O) groups excluding carboxylic acids is 1. The van der Waals surface area contributed by atoms with Crippen molar-refractivity contribution in [1.29, 1.82) is 0 Å². The lowest BCUT2D eigenvalue weighted by Crippen LogP contribution is -2.45. The monoisotopic (exact) mass is 254 g/mol. The summed E-state index contributed by atoms with van der Waals surface area (Å²) in [6.45, 7) is 11.4. The van der Waals surface area contributed by atoms with Crippen LogP contribution in [0.1, 0.15) is 53.4 Å². The van der Waals surface area contributed by atoms with Gasteiger partial charge in [-0.2, -0.15) is 0 Å². The predicted molar refractivity (Wildman–Crippen MR) is 76.5 cm³/mol. The molecule has 1 aliphatic rings. The Labute approximate surface area is 112 Å². The molecule has 1 amide bonds. The molecule has 1 N–H and O–H groups in total. The maximum atomic E-state index is 11.9. The van der Waals surface area contributed by atoms with Crippen LogP contribution >= 0.6 is 0 Å². The third-order valence-electron chi connectivity index (χ3n) is 4.02. The molecule has 0 radical (unpaired) electrons. The minimum atomic E-state index is 0.192. The zero-order chi connectivity index (χ0) is 13.5. The molecule has 1 heterocycles. The van der Waals surface area contributed by atoms with Gasteiger partial charge in [0.2, 0.25) is 5.91 Å². The normalized spacial score (nSPS) is 26.1. The zero-order valence-electron chi connectivity index (χ0n) is 12.5. The SMILES string of the molecule is CCCNC(=O)CN1CCC(C)CCC1C(C)C. The third-order valence-corrected chi connectivity index (χ3v) is 4.02. The van der Waals surface area contributed by atoms with Crippen molar-refractivity contribution in [3.8, 4) is 0 Å². The molecule has 0 aromatic carbocycles. The molecule has 0 bridgehead atoms. The minimum Gasteiger partial charge on any atom is -0.355 e. The number of likely N-dealkylation sites (tertiary alicyclic amines) is 1. The molecule has 1 aliphatic heterocycles. The number of hydrogen-bond acceptors (Lipinski definition) is 2. The van der Waals surface area contributed by atoms with Gasteiger partial charge >= 0.3 is 0 Å². The van der Waals surface area contributed by atoms with Crippen LogP contribution in [0, 0.1) is 11.8 Å². The van der Waals surface area contributed by atoms with E-state index < -0.39 is 0 Å². The lowest BCUT2D eigenvalue weighted by atomic mass is 9.95. The van der Waals surface area contributed by atoms with E-state index in [1.165, 1.54) is 19.3 Å². The number of nitrogens with zero attached hydrogens (tertiary/aromatic N) is 1. The molecule has 0 aromatic rings. The highest BCUT2D eigenvalue weighted by molar-refractivity contribution is 5.78. The first-order valence-corrected chi connectivity index (χ1v) is 7.55. The topological polar surface area (TPSA) is 32.3 Å².